The Morgan fingerprint density at radius 3 is 2.35 bits per heavy atom. The zero-order chi connectivity index (χ0) is 13.1. The quantitative estimate of drug-likeness (QED) is 0.547. The molecule has 0 bridgehead atoms. The summed E-state index contributed by atoms with van der Waals surface area (Å²) in [5.74, 6) is 0. The summed E-state index contributed by atoms with van der Waals surface area (Å²) in [6, 6.07) is 0. The number of nitrogens with zero attached hydrogens (tertiary/aromatic N) is 1. The maximum atomic E-state index is 9.43. The molecule has 0 aromatic heterocycles. The highest BCUT2D eigenvalue weighted by atomic mass is 16.3. The summed E-state index contributed by atoms with van der Waals surface area (Å²) in [6.45, 7) is 10.1. The van der Waals surface area contributed by atoms with Gasteiger partial charge in [-0.3, -0.25) is 0 Å². The average Bonchev–Trinajstić information content (AvgIpc) is 2.32. The molecule has 0 aliphatic heterocycles. The summed E-state index contributed by atoms with van der Waals surface area (Å²) >= 11 is 0. The number of nitrogens with one attached hydrogen (secondary N) is 1. The fourth-order valence-corrected chi connectivity index (χ4v) is 2.04. The van der Waals surface area contributed by atoms with Gasteiger partial charge in [0.15, 0.2) is 0 Å². The minimum atomic E-state index is -0.0840. The van der Waals surface area contributed by atoms with Crippen molar-refractivity contribution in [3.63, 3.8) is 0 Å². The van der Waals surface area contributed by atoms with Gasteiger partial charge in [0.2, 0.25) is 0 Å². The third kappa shape index (κ3) is 8.58. The van der Waals surface area contributed by atoms with E-state index in [-0.39, 0.29) is 12.1 Å². The molecule has 2 N–H and O–H groups in total. The topological polar surface area (TPSA) is 35.5 Å². The van der Waals surface area contributed by atoms with Crippen LogP contribution >= 0.6 is 0 Å². The Labute approximate surface area is 108 Å². The molecule has 0 spiro atoms. The van der Waals surface area contributed by atoms with Gasteiger partial charge in [-0.05, 0) is 59.3 Å². The van der Waals surface area contributed by atoms with Crippen LogP contribution in [0.2, 0.25) is 0 Å². The van der Waals surface area contributed by atoms with E-state index in [9.17, 15) is 5.11 Å². The van der Waals surface area contributed by atoms with Gasteiger partial charge in [0.25, 0.3) is 0 Å². The van der Waals surface area contributed by atoms with Gasteiger partial charge in [0.05, 0.1) is 6.61 Å². The van der Waals surface area contributed by atoms with E-state index >= 15 is 0 Å². The Balaban J connectivity index is 3.68. The molecule has 0 rings (SSSR count). The molecular weight excluding hydrogens is 212 g/mol. The average molecular weight is 244 g/mol. The van der Waals surface area contributed by atoms with Gasteiger partial charge in [0.1, 0.15) is 0 Å². The Hall–Kier alpha value is -0.120. The van der Waals surface area contributed by atoms with Gasteiger partial charge >= 0.3 is 0 Å². The van der Waals surface area contributed by atoms with E-state index in [0.29, 0.717) is 0 Å². The standard InChI is InChI=1S/C14H32N2O/c1-5-10-15-14(3,13-17)9-7-8-12-16(4)11-6-2/h15,17H,5-13H2,1-4H3. The van der Waals surface area contributed by atoms with Gasteiger partial charge in [-0.25, -0.2) is 0 Å². The molecule has 3 nitrogen and oxygen atoms in total. The second kappa shape index (κ2) is 9.86. The van der Waals surface area contributed by atoms with Crippen LogP contribution in [0.1, 0.15) is 52.9 Å². The SMILES string of the molecule is CCCNC(C)(CO)CCCCN(C)CCC. The van der Waals surface area contributed by atoms with Gasteiger partial charge in [-0.2, -0.15) is 0 Å². The van der Waals surface area contributed by atoms with Gasteiger partial charge < -0.3 is 15.3 Å². The summed E-state index contributed by atoms with van der Waals surface area (Å²) in [6.07, 6.45) is 5.81. The van der Waals surface area contributed by atoms with Crippen LogP contribution in [0.15, 0.2) is 0 Å². The first-order valence-electron chi connectivity index (χ1n) is 7.12. The summed E-state index contributed by atoms with van der Waals surface area (Å²) in [5.41, 5.74) is -0.0840. The van der Waals surface area contributed by atoms with Crippen molar-refractivity contribution in [2.24, 2.45) is 0 Å². The lowest BCUT2D eigenvalue weighted by atomic mass is 9.95. The second-order valence-corrected chi connectivity index (χ2v) is 5.41. The highest BCUT2D eigenvalue weighted by Gasteiger charge is 2.21. The molecule has 104 valence electrons. The maximum Gasteiger partial charge on any atom is 0.0610 e. The zero-order valence-corrected chi connectivity index (χ0v) is 12.3. The summed E-state index contributed by atoms with van der Waals surface area (Å²) < 4.78 is 0. The molecule has 0 aliphatic rings. The summed E-state index contributed by atoms with van der Waals surface area (Å²) in [4.78, 5) is 2.38. The second-order valence-electron chi connectivity index (χ2n) is 5.41. The summed E-state index contributed by atoms with van der Waals surface area (Å²) in [7, 11) is 2.18. The van der Waals surface area contributed by atoms with Crippen LogP contribution in [0.4, 0.5) is 0 Å². The minimum absolute atomic E-state index is 0.0840. The van der Waals surface area contributed by atoms with Gasteiger partial charge in [0, 0.05) is 5.54 Å². The first kappa shape index (κ1) is 16.9. The Kier molecular flexibility index (Phi) is 9.79. The first-order chi connectivity index (χ1) is 8.08. The molecule has 0 saturated heterocycles. The van der Waals surface area contributed by atoms with E-state index in [4.69, 9.17) is 0 Å². The number of hydrogen-bond acceptors (Lipinski definition) is 3. The number of hydrogen-bond donors (Lipinski definition) is 2. The molecular formula is C14H32N2O. The molecule has 0 aromatic rings. The number of aliphatic hydroxyl groups excluding tert-OH is 1. The number of unbranched alkanes of at least 4 members (excludes halogenated alkanes) is 1. The van der Waals surface area contributed by atoms with Crippen molar-refractivity contribution in [1.82, 2.24) is 10.2 Å². The highest BCUT2D eigenvalue weighted by Crippen LogP contribution is 2.13. The Morgan fingerprint density at radius 2 is 1.82 bits per heavy atom. The lowest BCUT2D eigenvalue weighted by Crippen LogP contribution is -2.46. The molecule has 1 atom stereocenters. The molecule has 0 heterocycles. The zero-order valence-electron chi connectivity index (χ0n) is 12.3. The molecule has 0 fully saturated rings. The first-order valence-corrected chi connectivity index (χ1v) is 7.12. The maximum absolute atomic E-state index is 9.43. The lowest BCUT2D eigenvalue weighted by molar-refractivity contribution is 0.161. The number of aliphatic hydroxyl groups is 1. The Morgan fingerprint density at radius 1 is 1.12 bits per heavy atom. The third-order valence-corrected chi connectivity index (χ3v) is 3.27. The molecule has 1 unspecified atom stereocenters. The summed E-state index contributed by atoms with van der Waals surface area (Å²) in [5, 5.41) is 12.9. The van der Waals surface area contributed by atoms with Crippen LogP contribution in [0, 0.1) is 0 Å². The van der Waals surface area contributed by atoms with Crippen LogP contribution in [0.3, 0.4) is 0 Å². The molecule has 0 aliphatic carbocycles. The van der Waals surface area contributed by atoms with Crippen molar-refractivity contribution in [2.45, 2.75) is 58.4 Å². The van der Waals surface area contributed by atoms with Crippen molar-refractivity contribution in [3.05, 3.63) is 0 Å². The predicted molar refractivity (Wildman–Crippen MR) is 75.4 cm³/mol. The fourth-order valence-electron chi connectivity index (χ4n) is 2.04. The highest BCUT2D eigenvalue weighted by molar-refractivity contribution is 4.81. The normalized spacial score (nSPS) is 15.2. The predicted octanol–water partition coefficient (Wildman–Crippen LogP) is 2.25. The van der Waals surface area contributed by atoms with Crippen LogP contribution < -0.4 is 5.32 Å². The van der Waals surface area contributed by atoms with E-state index in [2.05, 4.69) is 38.0 Å². The number of rotatable bonds is 11. The largest absolute Gasteiger partial charge is 0.394 e. The van der Waals surface area contributed by atoms with Crippen molar-refractivity contribution in [2.75, 3.05) is 33.3 Å². The molecule has 17 heavy (non-hydrogen) atoms. The van der Waals surface area contributed by atoms with E-state index in [0.717, 1.165) is 19.4 Å². The third-order valence-electron chi connectivity index (χ3n) is 3.27. The fraction of sp³-hybridized carbons (Fsp3) is 1.00. The molecule has 0 aromatic carbocycles. The minimum Gasteiger partial charge on any atom is -0.394 e. The van der Waals surface area contributed by atoms with Gasteiger partial charge in [-0.1, -0.05) is 20.3 Å². The van der Waals surface area contributed by atoms with Gasteiger partial charge in [-0.15, -0.1) is 0 Å². The molecule has 0 amide bonds. The van der Waals surface area contributed by atoms with Crippen LogP contribution in [-0.4, -0.2) is 48.8 Å². The molecule has 3 heteroatoms. The van der Waals surface area contributed by atoms with Crippen molar-refractivity contribution < 1.29 is 5.11 Å². The van der Waals surface area contributed by atoms with Crippen LogP contribution in [0.5, 0.6) is 0 Å². The van der Waals surface area contributed by atoms with Crippen LogP contribution in [-0.2, 0) is 0 Å². The van der Waals surface area contributed by atoms with Crippen molar-refractivity contribution in [3.8, 4) is 0 Å². The van der Waals surface area contributed by atoms with E-state index < -0.39 is 0 Å². The van der Waals surface area contributed by atoms with E-state index in [1.165, 1.54) is 32.4 Å². The smallest absolute Gasteiger partial charge is 0.0610 e. The monoisotopic (exact) mass is 244 g/mol. The van der Waals surface area contributed by atoms with E-state index in [1.807, 2.05) is 0 Å². The van der Waals surface area contributed by atoms with E-state index in [1.54, 1.807) is 0 Å². The van der Waals surface area contributed by atoms with Crippen LogP contribution in [0.25, 0.3) is 0 Å². The van der Waals surface area contributed by atoms with Crippen molar-refractivity contribution in [1.29, 1.82) is 0 Å². The Bertz CT molecular complexity index is 176. The molecule has 0 radical (unpaired) electrons. The molecule has 0 saturated carbocycles. The lowest BCUT2D eigenvalue weighted by Gasteiger charge is -2.29. The van der Waals surface area contributed by atoms with Crippen molar-refractivity contribution >= 4 is 0 Å².